The van der Waals surface area contributed by atoms with Gasteiger partial charge in [0.15, 0.2) is 0 Å². The van der Waals surface area contributed by atoms with Gasteiger partial charge in [-0.1, -0.05) is 32.9 Å². The van der Waals surface area contributed by atoms with Crippen molar-refractivity contribution in [3.63, 3.8) is 0 Å². The van der Waals surface area contributed by atoms with E-state index in [1.807, 2.05) is 0 Å². The van der Waals surface area contributed by atoms with Crippen LogP contribution in [0.2, 0.25) is 0 Å². The second-order valence-electron chi connectivity index (χ2n) is 4.43. The van der Waals surface area contributed by atoms with Gasteiger partial charge in [0.05, 0.1) is 6.61 Å². The smallest absolute Gasteiger partial charge is 0.125 e. The van der Waals surface area contributed by atoms with Gasteiger partial charge >= 0.3 is 0 Å². The monoisotopic (exact) mass is 206 g/mol. The third kappa shape index (κ3) is 2.74. The van der Waals surface area contributed by atoms with Crippen LogP contribution in [0.3, 0.4) is 0 Å². The SMILES string of the molecule is CCCOc1c(C(C)C)ccc(C)c1C. The topological polar surface area (TPSA) is 9.23 Å². The fourth-order valence-corrected chi connectivity index (χ4v) is 1.66. The summed E-state index contributed by atoms with van der Waals surface area (Å²) in [6.45, 7) is 11.7. The molecule has 0 spiro atoms. The molecule has 0 radical (unpaired) electrons. The van der Waals surface area contributed by atoms with Crippen LogP contribution in [0.1, 0.15) is 49.8 Å². The maximum atomic E-state index is 5.86. The average Bonchev–Trinajstić information content (AvgIpc) is 2.19. The standard InChI is InChI=1S/C14H22O/c1-6-9-15-14-12(5)11(4)7-8-13(14)10(2)3/h7-8,10H,6,9H2,1-5H3. The minimum Gasteiger partial charge on any atom is -0.493 e. The fourth-order valence-electron chi connectivity index (χ4n) is 1.66. The van der Waals surface area contributed by atoms with Crippen LogP contribution in [-0.2, 0) is 0 Å². The Kier molecular flexibility index (Phi) is 4.19. The highest BCUT2D eigenvalue weighted by Gasteiger charge is 2.11. The summed E-state index contributed by atoms with van der Waals surface area (Å²) >= 11 is 0. The summed E-state index contributed by atoms with van der Waals surface area (Å²) in [5, 5.41) is 0. The van der Waals surface area contributed by atoms with Crippen molar-refractivity contribution in [2.24, 2.45) is 0 Å². The molecule has 84 valence electrons. The van der Waals surface area contributed by atoms with Gasteiger partial charge in [-0.3, -0.25) is 0 Å². The molecule has 0 aliphatic rings. The molecule has 15 heavy (non-hydrogen) atoms. The molecule has 1 aromatic rings. The lowest BCUT2D eigenvalue weighted by molar-refractivity contribution is 0.310. The molecule has 0 heterocycles. The summed E-state index contributed by atoms with van der Waals surface area (Å²) in [4.78, 5) is 0. The van der Waals surface area contributed by atoms with Crippen LogP contribution in [0, 0.1) is 13.8 Å². The molecule has 0 amide bonds. The first-order chi connectivity index (χ1) is 7.07. The van der Waals surface area contributed by atoms with E-state index in [0.717, 1.165) is 18.8 Å². The second kappa shape index (κ2) is 5.20. The number of rotatable bonds is 4. The van der Waals surface area contributed by atoms with Crippen molar-refractivity contribution in [3.05, 3.63) is 28.8 Å². The van der Waals surface area contributed by atoms with Crippen LogP contribution in [-0.4, -0.2) is 6.61 Å². The summed E-state index contributed by atoms with van der Waals surface area (Å²) in [6.07, 6.45) is 1.06. The summed E-state index contributed by atoms with van der Waals surface area (Å²) < 4.78 is 5.86. The Morgan fingerprint density at radius 3 is 2.40 bits per heavy atom. The lowest BCUT2D eigenvalue weighted by Gasteiger charge is -2.17. The van der Waals surface area contributed by atoms with Crippen molar-refractivity contribution in [3.8, 4) is 5.75 Å². The Labute approximate surface area is 93.5 Å². The molecule has 0 fully saturated rings. The number of benzene rings is 1. The Bertz CT molecular complexity index is 326. The van der Waals surface area contributed by atoms with E-state index in [-0.39, 0.29) is 0 Å². The first-order valence-electron chi connectivity index (χ1n) is 5.80. The normalized spacial score (nSPS) is 10.8. The van der Waals surface area contributed by atoms with E-state index >= 15 is 0 Å². The van der Waals surface area contributed by atoms with Crippen molar-refractivity contribution < 1.29 is 4.74 Å². The summed E-state index contributed by atoms with van der Waals surface area (Å²) in [5.74, 6) is 1.63. The zero-order chi connectivity index (χ0) is 11.4. The van der Waals surface area contributed by atoms with Crippen molar-refractivity contribution in [1.29, 1.82) is 0 Å². The second-order valence-corrected chi connectivity index (χ2v) is 4.43. The van der Waals surface area contributed by atoms with Crippen molar-refractivity contribution in [1.82, 2.24) is 0 Å². The Morgan fingerprint density at radius 1 is 1.20 bits per heavy atom. The van der Waals surface area contributed by atoms with Gasteiger partial charge in [-0.15, -0.1) is 0 Å². The van der Waals surface area contributed by atoms with Crippen LogP contribution in [0.25, 0.3) is 0 Å². The Morgan fingerprint density at radius 2 is 1.87 bits per heavy atom. The maximum absolute atomic E-state index is 5.86. The molecule has 1 heteroatoms. The van der Waals surface area contributed by atoms with Gasteiger partial charge in [0.1, 0.15) is 5.75 Å². The molecule has 0 N–H and O–H groups in total. The Hall–Kier alpha value is -0.980. The molecule has 0 aliphatic carbocycles. The molecule has 1 nitrogen and oxygen atoms in total. The lowest BCUT2D eigenvalue weighted by Crippen LogP contribution is -2.03. The lowest BCUT2D eigenvalue weighted by atomic mass is 9.97. The molecule has 0 aliphatic heterocycles. The van der Waals surface area contributed by atoms with E-state index in [1.165, 1.54) is 16.7 Å². The van der Waals surface area contributed by atoms with E-state index in [9.17, 15) is 0 Å². The highest BCUT2D eigenvalue weighted by atomic mass is 16.5. The molecule has 1 rings (SSSR count). The molecule has 0 saturated carbocycles. The van der Waals surface area contributed by atoms with Crippen molar-refractivity contribution in [2.45, 2.75) is 47.0 Å². The van der Waals surface area contributed by atoms with Crippen molar-refractivity contribution in [2.75, 3.05) is 6.61 Å². The average molecular weight is 206 g/mol. The number of aryl methyl sites for hydroxylation is 1. The van der Waals surface area contributed by atoms with Gasteiger partial charge in [-0.05, 0) is 42.9 Å². The van der Waals surface area contributed by atoms with Crippen LogP contribution < -0.4 is 4.74 Å². The van der Waals surface area contributed by atoms with Crippen LogP contribution in [0.15, 0.2) is 12.1 Å². The zero-order valence-electron chi connectivity index (χ0n) is 10.6. The van der Waals surface area contributed by atoms with Crippen molar-refractivity contribution >= 4 is 0 Å². The Balaban J connectivity index is 3.10. The molecule has 0 aromatic heterocycles. The minimum absolute atomic E-state index is 0.524. The van der Waals surface area contributed by atoms with Gasteiger partial charge in [0.2, 0.25) is 0 Å². The summed E-state index contributed by atoms with van der Waals surface area (Å²) in [6, 6.07) is 4.38. The number of hydrogen-bond acceptors (Lipinski definition) is 1. The predicted molar refractivity (Wildman–Crippen MR) is 65.8 cm³/mol. The van der Waals surface area contributed by atoms with E-state index < -0.39 is 0 Å². The van der Waals surface area contributed by atoms with E-state index in [1.54, 1.807) is 0 Å². The zero-order valence-corrected chi connectivity index (χ0v) is 10.6. The first-order valence-corrected chi connectivity index (χ1v) is 5.80. The first kappa shape index (κ1) is 12.1. The van der Waals surface area contributed by atoms with Gasteiger partial charge < -0.3 is 4.74 Å². The molecule has 0 bridgehead atoms. The van der Waals surface area contributed by atoms with Crippen LogP contribution in [0.5, 0.6) is 5.75 Å². The third-order valence-corrected chi connectivity index (χ3v) is 2.78. The maximum Gasteiger partial charge on any atom is 0.125 e. The van der Waals surface area contributed by atoms with Gasteiger partial charge in [-0.2, -0.15) is 0 Å². The highest BCUT2D eigenvalue weighted by molar-refractivity contribution is 5.46. The fraction of sp³-hybridized carbons (Fsp3) is 0.571. The van der Waals surface area contributed by atoms with Gasteiger partial charge in [0, 0.05) is 0 Å². The summed E-state index contributed by atoms with van der Waals surface area (Å²) in [5.41, 5.74) is 3.92. The van der Waals surface area contributed by atoms with Gasteiger partial charge in [0.25, 0.3) is 0 Å². The van der Waals surface area contributed by atoms with E-state index in [2.05, 4.69) is 46.8 Å². The minimum atomic E-state index is 0.524. The molecule has 0 atom stereocenters. The van der Waals surface area contributed by atoms with E-state index in [4.69, 9.17) is 4.74 Å². The molecular formula is C14H22O. The molecular weight excluding hydrogens is 184 g/mol. The van der Waals surface area contributed by atoms with Crippen LogP contribution >= 0.6 is 0 Å². The molecule has 1 aromatic carbocycles. The quantitative estimate of drug-likeness (QED) is 0.717. The third-order valence-electron chi connectivity index (χ3n) is 2.78. The van der Waals surface area contributed by atoms with Gasteiger partial charge in [-0.25, -0.2) is 0 Å². The number of hydrogen-bond donors (Lipinski definition) is 0. The predicted octanol–water partition coefficient (Wildman–Crippen LogP) is 4.22. The molecule has 0 unspecified atom stereocenters. The summed E-state index contributed by atoms with van der Waals surface area (Å²) in [7, 11) is 0. The number of ether oxygens (including phenoxy) is 1. The highest BCUT2D eigenvalue weighted by Crippen LogP contribution is 2.31. The van der Waals surface area contributed by atoms with Crippen LogP contribution in [0.4, 0.5) is 0 Å². The molecule has 0 saturated heterocycles. The largest absolute Gasteiger partial charge is 0.493 e. The van der Waals surface area contributed by atoms with E-state index in [0.29, 0.717) is 5.92 Å².